The van der Waals surface area contributed by atoms with Crippen molar-refractivity contribution in [1.29, 1.82) is 0 Å². The number of carboxylic acids is 1. The average molecular weight is 206 g/mol. The van der Waals surface area contributed by atoms with Gasteiger partial charge in [0.2, 0.25) is 5.91 Å². The van der Waals surface area contributed by atoms with Crippen molar-refractivity contribution in [2.75, 3.05) is 5.75 Å². The molecule has 0 aliphatic rings. The molecule has 0 spiro atoms. The lowest BCUT2D eigenvalue weighted by Crippen LogP contribution is -2.46. The number of hydrogen-bond acceptors (Lipinski definition) is 3. The van der Waals surface area contributed by atoms with Crippen LogP contribution in [0.5, 0.6) is 0 Å². The van der Waals surface area contributed by atoms with E-state index < -0.39 is 23.3 Å². The molecule has 4 nitrogen and oxygen atoms in total. The summed E-state index contributed by atoms with van der Waals surface area (Å²) >= 11 is 3.81. The van der Waals surface area contributed by atoms with Crippen molar-refractivity contribution in [3.05, 3.63) is 0 Å². The normalized spacial score (nSPS) is 14.5. The summed E-state index contributed by atoms with van der Waals surface area (Å²) in [4.78, 5) is 22.0. The maximum atomic E-state index is 11.4. The summed E-state index contributed by atoms with van der Waals surface area (Å²) in [5.41, 5.74) is -0.864. The van der Waals surface area contributed by atoms with E-state index in [9.17, 15) is 9.59 Å². The Hall–Kier alpha value is -0.710. The van der Waals surface area contributed by atoms with Crippen LogP contribution in [0.2, 0.25) is 0 Å². The van der Waals surface area contributed by atoms with E-state index in [1.54, 1.807) is 13.8 Å². The van der Waals surface area contributed by atoms with Gasteiger partial charge in [-0.15, -0.1) is 0 Å². The number of nitrogens with one attached hydrogen (secondary N) is 1. The largest absolute Gasteiger partial charge is 0.480 e. The first-order valence-corrected chi connectivity index (χ1v) is 4.42. The molecule has 0 aromatic carbocycles. The number of amides is 1. The van der Waals surface area contributed by atoms with Crippen LogP contribution in [0.3, 0.4) is 0 Å². The van der Waals surface area contributed by atoms with Gasteiger partial charge in [-0.05, 0) is 0 Å². The second-order valence-electron chi connectivity index (χ2n) is 3.43. The molecular formula is C8H15NO3S. The van der Waals surface area contributed by atoms with E-state index in [-0.39, 0.29) is 12.7 Å². The number of carboxylic acid groups (broad SMARTS) is 1. The van der Waals surface area contributed by atoms with Crippen molar-refractivity contribution in [2.45, 2.75) is 26.8 Å². The number of thiol groups is 1. The quantitative estimate of drug-likeness (QED) is 0.590. The molecule has 2 N–H and O–H groups in total. The van der Waals surface area contributed by atoms with Gasteiger partial charge in [0.15, 0.2) is 0 Å². The standard InChI is InChI=1S/C8H15NO3S/c1-8(2,3)7(12)9-5(4-13)6(10)11/h5,13H,4H2,1-3H3,(H,9,12)(H,10,11)/t5-/m0/s1/i1D. The topological polar surface area (TPSA) is 66.4 Å². The van der Waals surface area contributed by atoms with E-state index in [4.69, 9.17) is 6.48 Å². The molecule has 0 aromatic rings. The summed E-state index contributed by atoms with van der Waals surface area (Å²) in [7, 11) is 0. The lowest BCUT2D eigenvalue weighted by atomic mass is 9.95. The van der Waals surface area contributed by atoms with Crippen LogP contribution in [0, 0.1) is 5.41 Å². The van der Waals surface area contributed by atoms with Gasteiger partial charge in [0.1, 0.15) is 6.04 Å². The molecule has 0 saturated carbocycles. The van der Waals surface area contributed by atoms with Crippen LogP contribution in [-0.2, 0) is 9.59 Å². The van der Waals surface area contributed by atoms with Gasteiger partial charge < -0.3 is 10.4 Å². The van der Waals surface area contributed by atoms with E-state index >= 15 is 0 Å². The number of carbonyl (C=O) groups excluding carboxylic acids is 1. The van der Waals surface area contributed by atoms with Crippen molar-refractivity contribution >= 4 is 24.5 Å². The smallest absolute Gasteiger partial charge is 0.327 e. The van der Waals surface area contributed by atoms with Gasteiger partial charge in [0.05, 0.1) is 0 Å². The summed E-state index contributed by atoms with van der Waals surface area (Å²) in [5.74, 6) is -1.52. The van der Waals surface area contributed by atoms with E-state index in [2.05, 4.69) is 17.9 Å². The van der Waals surface area contributed by atoms with Gasteiger partial charge in [-0.3, -0.25) is 4.79 Å². The molecule has 1 amide bonds. The summed E-state index contributed by atoms with van der Waals surface area (Å²) < 4.78 is 7.12. The van der Waals surface area contributed by atoms with Gasteiger partial charge in [0, 0.05) is 12.5 Å². The van der Waals surface area contributed by atoms with Crippen LogP contribution in [0.1, 0.15) is 22.1 Å². The SMILES string of the molecule is [2H]CC(C)(C)C(=O)N[C@@H](CS)C(=O)O. The lowest BCUT2D eigenvalue weighted by molar-refractivity contribution is -0.142. The van der Waals surface area contributed by atoms with E-state index in [0.717, 1.165) is 0 Å². The second kappa shape index (κ2) is 4.50. The Bertz CT molecular complexity index is 233. The fourth-order valence-electron chi connectivity index (χ4n) is 0.539. The van der Waals surface area contributed by atoms with Crippen molar-refractivity contribution in [3.63, 3.8) is 0 Å². The Morgan fingerprint density at radius 3 is 2.54 bits per heavy atom. The maximum absolute atomic E-state index is 11.4. The predicted octanol–water partition coefficient (Wildman–Crippen LogP) is 0.532. The van der Waals surface area contributed by atoms with Gasteiger partial charge >= 0.3 is 5.97 Å². The highest BCUT2D eigenvalue weighted by Gasteiger charge is 2.26. The van der Waals surface area contributed by atoms with Crippen LogP contribution < -0.4 is 5.32 Å². The molecule has 0 unspecified atom stereocenters. The summed E-state index contributed by atoms with van der Waals surface area (Å²) in [6.45, 7) is 3.09. The summed E-state index contributed by atoms with van der Waals surface area (Å²) in [6, 6.07) is -0.989. The molecule has 0 radical (unpaired) electrons. The maximum Gasteiger partial charge on any atom is 0.327 e. The predicted molar refractivity (Wildman–Crippen MR) is 52.9 cm³/mol. The first-order valence-electron chi connectivity index (χ1n) is 4.49. The fourth-order valence-corrected chi connectivity index (χ4v) is 0.787. The third-order valence-electron chi connectivity index (χ3n) is 1.40. The molecule has 0 bridgehead atoms. The van der Waals surface area contributed by atoms with Gasteiger partial charge in [0.25, 0.3) is 0 Å². The zero-order valence-corrected chi connectivity index (χ0v) is 8.60. The molecule has 13 heavy (non-hydrogen) atoms. The molecule has 0 heterocycles. The van der Waals surface area contributed by atoms with Crippen molar-refractivity contribution in [2.24, 2.45) is 5.41 Å². The molecule has 5 heteroatoms. The highest BCUT2D eigenvalue weighted by Crippen LogP contribution is 2.12. The second-order valence-corrected chi connectivity index (χ2v) is 3.80. The Morgan fingerprint density at radius 1 is 1.69 bits per heavy atom. The third-order valence-corrected chi connectivity index (χ3v) is 1.77. The fraction of sp³-hybridized carbons (Fsp3) is 0.750. The Morgan fingerprint density at radius 2 is 2.23 bits per heavy atom. The zero-order chi connectivity index (χ0) is 11.4. The Balaban J connectivity index is 4.37. The van der Waals surface area contributed by atoms with E-state index in [1.807, 2.05) is 0 Å². The Labute approximate surface area is 84.5 Å². The van der Waals surface area contributed by atoms with Crippen molar-refractivity contribution in [1.82, 2.24) is 5.32 Å². The molecule has 0 rings (SSSR count). The first-order chi connectivity index (χ1) is 6.35. The molecule has 0 fully saturated rings. The summed E-state index contributed by atoms with van der Waals surface area (Å²) in [5, 5.41) is 11.0. The molecule has 0 aromatic heterocycles. The zero-order valence-electron chi connectivity index (χ0n) is 8.70. The molecule has 0 aliphatic heterocycles. The van der Waals surface area contributed by atoms with Crippen LogP contribution in [0.15, 0.2) is 0 Å². The molecule has 1 atom stereocenters. The minimum atomic E-state index is -1.12. The van der Waals surface area contributed by atoms with Crippen molar-refractivity contribution in [3.8, 4) is 0 Å². The highest BCUT2D eigenvalue weighted by molar-refractivity contribution is 7.80. The molecule has 0 saturated heterocycles. The van der Waals surface area contributed by atoms with Crippen LogP contribution in [0.4, 0.5) is 0 Å². The Kier molecular flexibility index (Phi) is 3.59. The monoisotopic (exact) mass is 206 g/mol. The lowest BCUT2D eigenvalue weighted by Gasteiger charge is -2.20. The minimum Gasteiger partial charge on any atom is -0.480 e. The van der Waals surface area contributed by atoms with Crippen LogP contribution in [0.25, 0.3) is 0 Å². The summed E-state index contributed by atoms with van der Waals surface area (Å²) in [6.07, 6.45) is 0. The van der Waals surface area contributed by atoms with E-state index in [0.29, 0.717) is 0 Å². The van der Waals surface area contributed by atoms with Gasteiger partial charge in [-0.1, -0.05) is 20.7 Å². The number of carbonyl (C=O) groups is 2. The average Bonchev–Trinajstić information content (AvgIpc) is 2.12. The van der Waals surface area contributed by atoms with Crippen LogP contribution >= 0.6 is 12.6 Å². The van der Waals surface area contributed by atoms with Gasteiger partial charge in [-0.25, -0.2) is 4.79 Å². The van der Waals surface area contributed by atoms with Crippen LogP contribution in [-0.4, -0.2) is 28.8 Å². The number of aliphatic carboxylic acids is 1. The first kappa shape index (κ1) is 10.4. The molecule has 0 aliphatic carbocycles. The number of hydrogen-bond donors (Lipinski definition) is 3. The van der Waals surface area contributed by atoms with Crippen molar-refractivity contribution < 1.29 is 16.1 Å². The molecular weight excluding hydrogens is 190 g/mol. The number of rotatable bonds is 3. The minimum absolute atomic E-state index is 0.0369. The highest BCUT2D eigenvalue weighted by atomic mass is 32.1. The molecule has 76 valence electrons. The van der Waals surface area contributed by atoms with Gasteiger partial charge in [-0.2, -0.15) is 12.6 Å². The third kappa shape index (κ3) is 4.17. The van der Waals surface area contributed by atoms with E-state index in [1.165, 1.54) is 0 Å².